The quantitative estimate of drug-likeness (QED) is 0.546. The van der Waals surface area contributed by atoms with Crippen LogP contribution in [0.3, 0.4) is 0 Å². The largest absolute Gasteiger partial charge is 0.339 e. The first kappa shape index (κ1) is 23.0. The maximum Gasteiger partial charge on any atom is 0.236 e. The van der Waals surface area contributed by atoms with Gasteiger partial charge < -0.3 is 9.47 Å². The van der Waals surface area contributed by atoms with E-state index >= 15 is 0 Å². The number of aromatic nitrogens is 3. The van der Waals surface area contributed by atoms with Crippen LogP contribution in [0, 0.1) is 0 Å². The summed E-state index contributed by atoms with van der Waals surface area (Å²) in [5, 5.41) is 10.7. The molecule has 1 saturated heterocycles. The molecule has 10 heteroatoms. The smallest absolute Gasteiger partial charge is 0.236 e. The van der Waals surface area contributed by atoms with E-state index in [4.69, 9.17) is 0 Å². The number of benzene rings is 1. The molecule has 32 heavy (non-hydrogen) atoms. The number of rotatable bonds is 8. The predicted molar refractivity (Wildman–Crippen MR) is 126 cm³/mol. The number of nitrogens with zero attached hydrogens (tertiary/aromatic N) is 5. The molecule has 4 rings (SSSR count). The van der Waals surface area contributed by atoms with Gasteiger partial charge in [-0.05, 0) is 24.5 Å². The van der Waals surface area contributed by atoms with Crippen molar-refractivity contribution in [2.45, 2.75) is 43.8 Å². The number of thioether (sulfide) groups is 1. The first-order valence-electron chi connectivity index (χ1n) is 10.9. The van der Waals surface area contributed by atoms with Crippen molar-refractivity contribution in [3.8, 4) is 0 Å². The van der Waals surface area contributed by atoms with Crippen molar-refractivity contribution in [1.82, 2.24) is 24.0 Å². The summed E-state index contributed by atoms with van der Waals surface area (Å²) in [6, 6.07) is 9.79. The van der Waals surface area contributed by atoms with E-state index in [2.05, 4.69) is 28.6 Å². The monoisotopic (exact) mass is 475 g/mol. The van der Waals surface area contributed by atoms with Gasteiger partial charge in [0.2, 0.25) is 15.9 Å². The molecule has 0 bridgehead atoms. The van der Waals surface area contributed by atoms with Gasteiger partial charge in [-0.3, -0.25) is 4.79 Å². The Morgan fingerprint density at radius 3 is 2.44 bits per heavy atom. The fourth-order valence-electron chi connectivity index (χ4n) is 3.68. The molecule has 172 valence electrons. The molecule has 2 aliphatic rings. The van der Waals surface area contributed by atoms with Crippen LogP contribution in [-0.2, 0) is 14.8 Å². The van der Waals surface area contributed by atoms with Gasteiger partial charge in [0.05, 0.1) is 5.75 Å². The Morgan fingerprint density at radius 2 is 1.81 bits per heavy atom. The third kappa shape index (κ3) is 5.41. The molecular formula is C22H29N5O3S2. The van der Waals surface area contributed by atoms with Crippen LogP contribution in [0.2, 0.25) is 0 Å². The molecule has 1 aliphatic heterocycles. The Labute approximate surface area is 193 Å². The molecule has 2 aromatic rings. The van der Waals surface area contributed by atoms with Crippen molar-refractivity contribution in [2.75, 3.05) is 31.9 Å². The summed E-state index contributed by atoms with van der Waals surface area (Å²) in [7, 11) is -3.51. The van der Waals surface area contributed by atoms with Crippen LogP contribution in [-0.4, -0.2) is 70.2 Å². The van der Waals surface area contributed by atoms with Crippen LogP contribution in [0.1, 0.15) is 50.0 Å². The van der Waals surface area contributed by atoms with E-state index in [1.807, 2.05) is 30.3 Å². The number of hydrogen-bond donors (Lipinski definition) is 0. The molecule has 2 fully saturated rings. The number of carbonyl (C=O) groups excluding carboxylic acids is 1. The average Bonchev–Trinajstić information content (AvgIpc) is 3.55. The molecule has 1 amide bonds. The summed E-state index contributed by atoms with van der Waals surface area (Å²) >= 11 is 1.42. The molecule has 0 spiro atoms. The van der Waals surface area contributed by atoms with Crippen molar-refractivity contribution in [3.63, 3.8) is 0 Å². The number of carbonyl (C=O) groups is 1. The second kappa shape index (κ2) is 9.76. The Kier molecular flexibility index (Phi) is 7.02. The first-order chi connectivity index (χ1) is 15.3. The van der Waals surface area contributed by atoms with Gasteiger partial charge in [-0.2, -0.15) is 4.31 Å². The van der Waals surface area contributed by atoms with E-state index in [1.54, 1.807) is 11.0 Å². The fourth-order valence-corrected chi connectivity index (χ4v) is 5.77. The minimum absolute atomic E-state index is 0.00307. The predicted octanol–water partition coefficient (Wildman–Crippen LogP) is 2.97. The molecule has 1 aromatic carbocycles. The van der Waals surface area contributed by atoms with Crippen LogP contribution in [0.25, 0.3) is 6.08 Å². The van der Waals surface area contributed by atoms with E-state index in [0.717, 1.165) is 29.4 Å². The standard InChI is InChI=1S/C22H29N5O3S2/c1-17(2)21-23-24-22(27(21)19-8-9-19)31-16-20(28)25-11-13-26(14-12-25)32(29,30)15-10-18-6-4-3-5-7-18/h3-7,10,15,17,19H,8-9,11-14,16H2,1-2H3/b15-10+. The van der Waals surface area contributed by atoms with Gasteiger partial charge >= 0.3 is 0 Å². The molecule has 0 N–H and O–H groups in total. The Morgan fingerprint density at radius 1 is 1.12 bits per heavy atom. The SMILES string of the molecule is CC(C)c1nnc(SCC(=O)N2CCN(S(=O)(=O)/C=C/c3ccccc3)CC2)n1C1CC1. The lowest BCUT2D eigenvalue weighted by molar-refractivity contribution is -0.129. The summed E-state index contributed by atoms with van der Waals surface area (Å²) in [4.78, 5) is 14.5. The Hall–Kier alpha value is -2.17. The normalized spacial score (nSPS) is 18.0. The van der Waals surface area contributed by atoms with Gasteiger partial charge in [0.25, 0.3) is 0 Å². The maximum atomic E-state index is 12.7. The highest BCUT2D eigenvalue weighted by molar-refractivity contribution is 7.99. The Bertz CT molecular complexity index is 1070. The second-order valence-corrected chi connectivity index (χ2v) is 11.2. The van der Waals surface area contributed by atoms with Gasteiger partial charge in [0, 0.05) is 43.5 Å². The summed E-state index contributed by atoms with van der Waals surface area (Å²) in [6.07, 6.45) is 3.87. The van der Waals surface area contributed by atoms with Gasteiger partial charge in [0.1, 0.15) is 5.82 Å². The molecule has 0 radical (unpaired) electrons. The van der Waals surface area contributed by atoms with Gasteiger partial charge in [-0.1, -0.05) is 55.9 Å². The fraction of sp³-hybridized carbons (Fsp3) is 0.500. The highest BCUT2D eigenvalue weighted by Gasteiger charge is 2.31. The van der Waals surface area contributed by atoms with E-state index in [1.165, 1.54) is 21.5 Å². The van der Waals surface area contributed by atoms with Crippen molar-refractivity contribution in [3.05, 3.63) is 47.1 Å². The van der Waals surface area contributed by atoms with E-state index < -0.39 is 10.0 Å². The molecule has 8 nitrogen and oxygen atoms in total. The molecule has 1 aromatic heterocycles. The highest BCUT2D eigenvalue weighted by Crippen LogP contribution is 2.40. The van der Waals surface area contributed by atoms with Crippen LogP contribution in [0.4, 0.5) is 0 Å². The van der Waals surface area contributed by atoms with Crippen molar-refractivity contribution < 1.29 is 13.2 Å². The number of amides is 1. The summed E-state index contributed by atoms with van der Waals surface area (Å²) in [5.74, 6) is 1.55. The topological polar surface area (TPSA) is 88.4 Å². The number of hydrogen-bond acceptors (Lipinski definition) is 6. The van der Waals surface area contributed by atoms with Crippen LogP contribution in [0.5, 0.6) is 0 Å². The lowest BCUT2D eigenvalue weighted by atomic mass is 10.2. The zero-order chi connectivity index (χ0) is 22.7. The number of piperazine rings is 1. The summed E-state index contributed by atoms with van der Waals surface area (Å²) in [6.45, 7) is 5.59. The third-order valence-corrected chi connectivity index (χ3v) is 8.12. The lowest BCUT2D eigenvalue weighted by Crippen LogP contribution is -2.50. The van der Waals surface area contributed by atoms with Crippen molar-refractivity contribution in [1.29, 1.82) is 0 Å². The van der Waals surface area contributed by atoms with Crippen molar-refractivity contribution >= 4 is 33.8 Å². The lowest BCUT2D eigenvalue weighted by Gasteiger charge is -2.33. The van der Waals surface area contributed by atoms with Gasteiger partial charge in [-0.15, -0.1) is 10.2 Å². The maximum absolute atomic E-state index is 12.7. The molecular weight excluding hydrogens is 446 g/mol. The van der Waals surface area contributed by atoms with E-state index in [9.17, 15) is 13.2 Å². The highest BCUT2D eigenvalue weighted by atomic mass is 32.2. The Balaban J connectivity index is 1.30. The molecule has 2 heterocycles. The minimum atomic E-state index is -3.51. The molecule has 1 aliphatic carbocycles. The summed E-state index contributed by atoms with van der Waals surface area (Å²) < 4.78 is 28.9. The molecule has 0 atom stereocenters. The van der Waals surface area contributed by atoms with Crippen LogP contribution < -0.4 is 0 Å². The second-order valence-electron chi connectivity index (χ2n) is 8.42. The van der Waals surface area contributed by atoms with E-state index in [-0.39, 0.29) is 11.7 Å². The van der Waals surface area contributed by atoms with Gasteiger partial charge in [-0.25, -0.2) is 8.42 Å². The first-order valence-corrected chi connectivity index (χ1v) is 13.4. The van der Waals surface area contributed by atoms with E-state index in [0.29, 0.717) is 38.1 Å². The number of sulfonamides is 1. The van der Waals surface area contributed by atoms with Crippen molar-refractivity contribution in [2.24, 2.45) is 0 Å². The minimum Gasteiger partial charge on any atom is -0.339 e. The average molecular weight is 476 g/mol. The zero-order valence-electron chi connectivity index (χ0n) is 18.4. The third-order valence-electron chi connectivity index (χ3n) is 5.63. The summed E-state index contributed by atoms with van der Waals surface area (Å²) in [5.41, 5.74) is 0.835. The van der Waals surface area contributed by atoms with Gasteiger partial charge in [0.15, 0.2) is 5.16 Å². The zero-order valence-corrected chi connectivity index (χ0v) is 20.1. The van der Waals surface area contributed by atoms with Crippen LogP contribution >= 0.6 is 11.8 Å². The molecule has 0 unspecified atom stereocenters. The molecule has 1 saturated carbocycles. The van der Waals surface area contributed by atoms with Crippen LogP contribution in [0.15, 0.2) is 40.9 Å².